The third-order valence-electron chi connectivity index (χ3n) is 6.64. The first-order valence-corrected chi connectivity index (χ1v) is 11.2. The SMILES string of the molecule is Cc1ccc(C2=NN(C(=O)CN3CCC(C)CC3)[C@H](c3ccccc3C)C2)c(C)c1. The Morgan fingerprint density at radius 3 is 2.47 bits per heavy atom. The van der Waals surface area contributed by atoms with Gasteiger partial charge in [-0.2, -0.15) is 5.10 Å². The van der Waals surface area contributed by atoms with E-state index in [4.69, 9.17) is 5.10 Å². The third-order valence-corrected chi connectivity index (χ3v) is 6.64. The van der Waals surface area contributed by atoms with Gasteiger partial charge in [0.05, 0.1) is 18.3 Å². The number of amides is 1. The number of carbonyl (C=O) groups excluding carboxylic acids is 1. The van der Waals surface area contributed by atoms with Gasteiger partial charge in [0.25, 0.3) is 5.91 Å². The van der Waals surface area contributed by atoms with Crippen molar-refractivity contribution in [2.45, 2.75) is 53.0 Å². The maximum atomic E-state index is 13.4. The van der Waals surface area contributed by atoms with Crippen LogP contribution in [0.15, 0.2) is 47.6 Å². The van der Waals surface area contributed by atoms with E-state index in [1.165, 1.54) is 35.1 Å². The molecule has 4 rings (SSSR count). The summed E-state index contributed by atoms with van der Waals surface area (Å²) in [6.07, 6.45) is 3.11. The standard InChI is InChI=1S/C26H33N3O/c1-18-11-13-28(14-12-18)17-26(30)29-25(23-8-6-5-7-20(23)3)16-24(27-29)22-10-9-19(2)15-21(22)4/h5-10,15,18,25H,11-14,16-17H2,1-4H3/t25-/m0/s1. The lowest BCUT2D eigenvalue weighted by Gasteiger charge is -2.31. The molecule has 1 amide bonds. The van der Waals surface area contributed by atoms with Crippen LogP contribution in [-0.4, -0.2) is 41.2 Å². The number of hydrazone groups is 1. The molecule has 2 aliphatic rings. The third kappa shape index (κ3) is 4.34. The highest BCUT2D eigenvalue weighted by Crippen LogP contribution is 2.35. The van der Waals surface area contributed by atoms with E-state index in [1.807, 2.05) is 0 Å². The minimum Gasteiger partial charge on any atom is -0.294 e. The Morgan fingerprint density at radius 1 is 1.03 bits per heavy atom. The first kappa shape index (κ1) is 20.8. The summed E-state index contributed by atoms with van der Waals surface area (Å²) in [5, 5.41) is 6.67. The van der Waals surface area contributed by atoms with Crippen LogP contribution in [0.25, 0.3) is 0 Å². The summed E-state index contributed by atoms with van der Waals surface area (Å²) >= 11 is 0. The van der Waals surface area contributed by atoms with Crippen molar-refractivity contribution in [3.8, 4) is 0 Å². The second-order valence-corrected chi connectivity index (χ2v) is 9.14. The van der Waals surface area contributed by atoms with Crippen molar-refractivity contribution in [3.63, 3.8) is 0 Å². The zero-order valence-corrected chi connectivity index (χ0v) is 18.7. The van der Waals surface area contributed by atoms with Gasteiger partial charge < -0.3 is 0 Å². The van der Waals surface area contributed by atoms with E-state index in [-0.39, 0.29) is 11.9 Å². The second kappa shape index (κ2) is 8.73. The maximum absolute atomic E-state index is 13.4. The lowest BCUT2D eigenvalue weighted by molar-refractivity contribution is -0.134. The van der Waals surface area contributed by atoms with Gasteiger partial charge in [0.15, 0.2) is 0 Å². The molecule has 0 N–H and O–H groups in total. The van der Waals surface area contributed by atoms with Gasteiger partial charge in [-0.15, -0.1) is 0 Å². The maximum Gasteiger partial charge on any atom is 0.257 e. The minimum absolute atomic E-state index is 0.0295. The quantitative estimate of drug-likeness (QED) is 0.718. The summed E-state index contributed by atoms with van der Waals surface area (Å²) in [4.78, 5) is 15.7. The molecule has 2 aromatic rings. The Labute approximate surface area is 180 Å². The number of piperidine rings is 1. The summed E-state index contributed by atoms with van der Waals surface area (Å²) in [6, 6.07) is 14.8. The molecule has 158 valence electrons. The fourth-order valence-electron chi connectivity index (χ4n) is 4.73. The highest BCUT2D eigenvalue weighted by atomic mass is 16.2. The zero-order valence-electron chi connectivity index (χ0n) is 18.7. The summed E-state index contributed by atoms with van der Waals surface area (Å²) in [5.74, 6) is 0.870. The van der Waals surface area contributed by atoms with Crippen molar-refractivity contribution in [2.75, 3.05) is 19.6 Å². The number of hydrogen-bond donors (Lipinski definition) is 0. The molecule has 0 bridgehead atoms. The van der Waals surface area contributed by atoms with Crippen LogP contribution >= 0.6 is 0 Å². The van der Waals surface area contributed by atoms with Gasteiger partial charge in [0, 0.05) is 12.0 Å². The molecule has 0 unspecified atom stereocenters. The van der Waals surface area contributed by atoms with Gasteiger partial charge in [-0.05, 0) is 69.3 Å². The van der Waals surface area contributed by atoms with E-state index in [9.17, 15) is 4.79 Å². The molecule has 0 aliphatic carbocycles. The lowest BCUT2D eigenvalue weighted by atomic mass is 9.93. The number of hydrogen-bond acceptors (Lipinski definition) is 3. The molecule has 2 aromatic carbocycles. The van der Waals surface area contributed by atoms with Crippen molar-refractivity contribution in [1.29, 1.82) is 0 Å². The van der Waals surface area contributed by atoms with Gasteiger partial charge in [0.2, 0.25) is 0 Å². The van der Waals surface area contributed by atoms with Gasteiger partial charge in [-0.25, -0.2) is 5.01 Å². The number of rotatable bonds is 4. The van der Waals surface area contributed by atoms with Gasteiger partial charge >= 0.3 is 0 Å². The number of carbonyl (C=O) groups is 1. The predicted octanol–water partition coefficient (Wildman–Crippen LogP) is 5.02. The fraction of sp³-hybridized carbons (Fsp3) is 0.462. The Bertz CT molecular complexity index is 957. The highest BCUT2D eigenvalue weighted by Gasteiger charge is 2.35. The average Bonchev–Trinajstić information content (AvgIpc) is 3.15. The van der Waals surface area contributed by atoms with Crippen LogP contribution in [-0.2, 0) is 4.79 Å². The van der Waals surface area contributed by atoms with Crippen molar-refractivity contribution in [2.24, 2.45) is 11.0 Å². The summed E-state index contributed by atoms with van der Waals surface area (Å²) in [6.45, 7) is 11.1. The first-order valence-electron chi connectivity index (χ1n) is 11.2. The molecule has 30 heavy (non-hydrogen) atoms. The number of benzene rings is 2. The van der Waals surface area contributed by atoms with Crippen LogP contribution < -0.4 is 0 Å². The zero-order chi connectivity index (χ0) is 21.3. The molecular formula is C26H33N3O. The van der Waals surface area contributed by atoms with Crippen LogP contribution in [0.4, 0.5) is 0 Å². The predicted molar refractivity (Wildman–Crippen MR) is 123 cm³/mol. The lowest BCUT2D eigenvalue weighted by Crippen LogP contribution is -2.41. The molecule has 0 saturated carbocycles. The van der Waals surface area contributed by atoms with E-state index < -0.39 is 0 Å². The van der Waals surface area contributed by atoms with Crippen LogP contribution in [0.1, 0.15) is 60.0 Å². The largest absolute Gasteiger partial charge is 0.294 e. The average molecular weight is 404 g/mol. The minimum atomic E-state index is -0.0295. The summed E-state index contributed by atoms with van der Waals surface area (Å²) in [5.41, 5.74) is 7.04. The Kier molecular flexibility index (Phi) is 6.05. The molecule has 2 heterocycles. The topological polar surface area (TPSA) is 35.9 Å². The summed E-state index contributed by atoms with van der Waals surface area (Å²) < 4.78 is 0. The highest BCUT2D eigenvalue weighted by molar-refractivity contribution is 6.04. The monoisotopic (exact) mass is 403 g/mol. The van der Waals surface area contributed by atoms with Crippen LogP contribution in [0.3, 0.4) is 0 Å². The van der Waals surface area contributed by atoms with Gasteiger partial charge in [-0.3, -0.25) is 9.69 Å². The van der Waals surface area contributed by atoms with Crippen molar-refractivity contribution in [1.82, 2.24) is 9.91 Å². The molecule has 0 aromatic heterocycles. The van der Waals surface area contributed by atoms with E-state index in [2.05, 4.69) is 75.1 Å². The first-order chi connectivity index (χ1) is 14.4. The van der Waals surface area contributed by atoms with Crippen molar-refractivity contribution >= 4 is 11.6 Å². The van der Waals surface area contributed by atoms with Crippen molar-refractivity contribution < 1.29 is 4.79 Å². The van der Waals surface area contributed by atoms with Gasteiger partial charge in [-0.1, -0.05) is 55.0 Å². The molecule has 1 fully saturated rings. The van der Waals surface area contributed by atoms with E-state index in [1.54, 1.807) is 5.01 Å². The number of likely N-dealkylation sites (tertiary alicyclic amines) is 1. The number of nitrogens with zero attached hydrogens (tertiary/aromatic N) is 3. The van der Waals surface area contributed by atoms with Crippen LogP contribution in [0.5, 0.6) is 0 Å². The molecule has 4 nitrogen and oxygen atoms in total. The van der Waals surface area contributed by atoms with E-state index in [0.717, 1.165) is 36.7 Å². The van der Waals surface area contributed by atoms with Crippen LogP contribution in [0.2, 0.25) is 0 Å². The smallest absolute Gasteiger partial charge is 0.257 e. The normalized spacial score (nSPS) is 20.5. The summed E-state index contributed by atoms with van der Waals surface area (Å²) in [7, 11) is 0. The molecule has 1 atom stereocenters. The second-order valence-electron chi connectivity index (χ2n) is 9.14. The van der Waals surface area contributed by atoms with E-state index >= 15 is 0 Å². The van der Waals surface area contributed by atoms with Gasteiger partial charge in [0.1, 0.15) is 0 Å². The van der Waals surface area contributed by atoms with Crippen molar-refractivity contribution in [3.05, 3.63) is 70.3 Å². The Balaban J connectivity index is 1.62. The molecule has 1 saturated heterocycles. The molecular weight excluding hydrogens is 370 g/mol. The van der Waals surface area contributed by atoms with Crippen LogP contribution in [0, 0.1) is 26.7 Å². The number of aryl methyl sites for hydroxylation is 3. The fourth-order valence-corrected chi connectivity index (χ4v) is 4.73. The molecule has 4 heteroatoms. The van der Waals surface area contributed by atoms with E-state index in [0.29, 0.717) is 6.54 Å². The molecule has 0 radical (unpaired) electrons. The molecule has 0 spiro atoms. The Hall–Kier alpha value is -2.46. The molecule has 2 aliphatic heterocycles. The Morgan fingerprint density at radius 2 is 1.77 bits per heavy atom.